The van der Waals surface area contributed by atoms with Crippen LogP contribution in [0.4, 0.5) is 5.69 Å². The zero-order valence-electron chi connectivity index (χ0n) is 18.0. The van der Waals surface area contributed by atoms with Crippen LogP contribution in [0.3, 0.4) is 0 Å². The molecule has 1 atom stereocenters. The summed E-state index contributed by atoms with van der Waals surface area (Å²) in [5, 5.41) is 12.1. The van der Waals surface area contributed by atoms with Crippen molar-refractivity contribution >= 4 is 29.3 Å². The van der Waals surface area contributed by atoms with Gasteiger partial charge in [-0.15, -0.1) is 10.2 Å². The Morgan fingerprint density at radius 3 is 2.72 bits per heavy atom. The first-order chi connectivity index (χ1) is 15.5. The van der Waals surface area contributed by atoms with Gasteiger partial charge in [-0.25, -0.2) is 0 Å². The lowest BCUT2D eigenvalue weighted by Gasteiger charge is -2.33. The van der Waals surface area contributed by atoms with Crippen molar-refractivity contribution in [2.45, 2.75) is 24.5 Å². The Morgan fingerprint density at radius 1 is 1.16 bits per heavy atom. The fraction of sp³-hybridized carbons (Fsp3) is 0.304. The van der Waals surface area contributed by atoms with E-state index < -0.39 is 0 Å². The van der Waals surface area contributed by atoms with Gasteiger partial charge in [0.05, 0.1) is 17.5 Å². The minimum absolute atomic E-state index is 0.00996. The summed E-state index contributed by atoms with van der Waals surface area (Å²) in [4.78, 5) is 26.5. The van der Waals surface area contributed by atoms with E-state index in [-0.39, 0.29) is 30.2 Å². The molecule has 0 bridgehead atoms. The molecule has 1 aromatic heterocycles. The van der Waals surface area contributed by atoms with Gasteiger partial charge in [0, 0.05) is 13.6 Å². The zero-order valence-corrected chi connectivity index (χ0v) is 18.8. The van der Waals surface area contributed by atoms with Gasteiger partial charge in [-0.2, -0.15) is 0 Å². The largest absolute Gasteiger partial charge is 0.482 e. The van der Waals surface area contributed by atoms with Gasteiger partial charge in [0.1, 0.15) is 5.75 Å². The van der Waals surface area contributed by atoms with Crippen LogP contribution in [-0.4, -0.2) is 45.5 Å². The Labute approximate surface area is 191 Å². The summed E-state index contributed by atoms with van der Waals surface area (Å²) in [6.07, 6.45) is 0.790. The Kier molecular flexibility index (Phi) is 6.75. The van der Waals surface area contributed by atoms with E-state index in [0.29, 0.717) is 29.0 Å². The molecule has 0 saturated carbocycles. The van der Waals surface area contributed by atoms with Crippen molar-refractivity contribution in [2.75, 3.05) is 23.8 Å². The number of ether oxygens (including phenoxy) is 1. The summed E-state index contributed by atoms with van der Waals surface area (Å²) in [5.41, 5.74) is 1.90. The van der Waals surface area contributed by atoms with E-state index in [1.807, 2.05) is 73.1 Å². The van der Waals surface area contributed by atoms with E-state index in [1.165, 1.54) is 17.3 Å². The second kappa shape index (κ2) is 9.86. The van der Waals surface area contributed by atoms with Gasteiger partial charge in [0.25, 0.3) is 5.91 Å². The molecule has 2 aromatic carbocycles. The molecule has 1 aliphatic heterocycles. The number of benzene rings is 2. The molecule has 0 fully saturated rings. The minimum Gasteiger partial charge on any atom is -0.482 e. The molecule has 32 heavy (non-hydrogen) atoms. The van der Waals surface area contributed by atoms with Gasteiger partial charge in [-0.05, 0) is 31.0 Å². The molecule has 4 rings (SSSR count). The van der Waals surface area contributed by atoms with Crippen LogP contribution in [-0.2, 0) is 23.1 Å². The molecule has 1 unspecified atom stereocenters. The van der Waals surface area contributed by atoms with Gasteiger partial charge in [0.15, 0.2) is 17.6 Å². The summed E-state index contributed by atoms with van der Waals surface area (Å²) in [6.45, 7) is 2.49. The molecular formula is C23H25N5O3S. The third kappa shape index (κ3) is 4.77. The van der Waals surface area contributed by atoms with Crippen molar-refractivity contribution in [1.29, 1.82) is 0 Å². The molecule has 0 aliphatic carbocycles. The molecule has 0 saturated heterocycles. The molecule has 2 heterocycles. The van der Waals surface area contributed by atoms with Gasteiger partial charge in [-0.3, -0.25) is 14.5 Å². The first kappa shape index (κ1) is 21.9. The predicted molar refractivity (Wildman–Crippen MR) is 123 cm³/mol. The first-order valence-corrected chi connectivity index (χ1v) is 11.4. The van der Waals surface area contributed by atoms with Crippen molar-refractivity contribution in [2.24, 2.45) is 7.05 Å². The first-order valence-electron chi connectivity index (χ1n) is 10.4. The van der Waals surface area contributed by atoms with Crippen LogP contribution < -0.4 is 15.0 Å². The number of amides is 2. The number of carbonyl (C=O) groups excluding carboxylic acids is 2. The molecule has 2 amide bonds. The zero-order chi connectivity index (χ0) is 22.5. The van der Waals surface area contributed by atoms with E-state index in [0.717, 1.165) is 6.42 Å². The Morgan fingerprint density at radius 2 is 1.91 bits per heavy atom. The van der Waals surface area contributed by atoms with Gasteiger partial charge >= 0.3 is 0 Å². The predicted octanol–water partition coefficient (Wildman–Crippen LogP) is 2.75. The maximum atomic E-state index is 12.6. The molecule has 166 valence electrons. The summed E-state index contributed by atoms with van der Waals surface area (Å²) >= 11 is 1.32. The van der Waals surface area contributed by atoms with Crippen molar-refractivity contribution in [3.63, 3.8) is 0 Å². The number of nitrogens with one attached hydrogen (secondary N) is 1. The van der Waals surface area contributed by atoms with Gasteiger partial charge in [0.2, 0.25) is 5.91 Å². The van der Waals surface area contributed by atoms with Crippen LogP contribution in [0.25, 0.3) is 0 Å². The van der Waals surface area contributed by atoms with Crippen molar-refractivity contribution in [3.05, 3.63) is 66.0 Å². The third-order valence-electron chi connectivity index (χ3n) is 5.29. The highest BCUT2D eigenvalue weighted by Crippen LogP contribution is 2.37. The molecule has 1 aliphatic rings. The second-order valence-corrected chi connectivity index (χ2v) is 8.41. The number of rotatable bonds is 8. The lowest BCUT2D eigenvalue weighted by atomic mass is 10.1. The number of hydrogen-bond acceptors (Lipinski definition) is 6. The molecule has 0 radical (unpaired) electrons. The normalized spacial score (nSPS) is 13.9. The van der Waals surface area contributed by atoms with E-state index in [1.54, 1.807) is 4.90 Å². The fourth-order valence-electron chi connectivity index (χ4n) is 3.65. The van der Waals surface area contributed by atoms with Crippen LogP contribution in [0.1, 0.15) is 24.4 Å². The smallest absolute Gasteiger partial charge is 0.265 e. The van der Waals surface area contributed by atoms with E-state index in [4.69, 9.17) is 4.74 Å². The third-order valence-corrected chi connectivity index (χ3v) is 6.31. The van der Waals surface area contributed by atoms with Crippen LogP contribution in [0.2, 0.25) is 0 Å². The molecule has 8 nitrogen and oxygen atoms in total. The number of aromatic nitrogens is 3. The number of para-hydroxylation sites is 2. The Bertz CT molecular complexity index is 1100. The van der Waals surface area contributed by atoms with E-state index in [2.05, 4.69) is 15.5 Å². The lowest BCUT2D eigenvalue weighted by Crippen LogP contribution is -2.41. The highest BCUT2D eigenvalue weighted by Gasteiger charge is 2.32. The number of hydrogen-bond donors (Lipinski definition) is 1. The fourth-order valence-corrected chi connectivity index (χ4v) is 4.40. The van der Waals surface area contributed by atoms with E-state index in [9.17, 15) is 9.59 Å². The number of fused-ring (bicyclic) bond motifs is 1. The second-order valence-electron chi connectivity index (χ2n) is 7.47. The Balaban J connectivity index is 1.36. The monoisotopic (exact) mass is 451 g/mol. The van der Waals surface area contributed by atoms with Gasteiger partial charge < -0.3 is 14.6 Å². The maximum Gasteiger partial charge on any atom is 0.265 e. The molecule has 9 heteroatoms. The average molecular weight is 452 g/mol. The maximum absolute atomic E-state index is 12.6. The summed E-state index contributed by atoms with van der Waals surface area (Å²) in [5.74, 6) is 1.37. The quantitative estimate of drug-likeness (QED) is 0.530. The van der Waals surface area contributed by atoms with Crippen LogP contribution in [0, 0.1) is 0 Å². The average Bonchev–Trinajstić information content (AvgIpc) is 3.18. The van der Waals surface area contributed by atoms with Crippen molar-refractivity contribution in [1.82, 2.24) is 20.1 Å². The number of thioether (sulfide) groups is 1. The Hall–Kier alpha value is -3.33. The highest BCUT2D eigenvalue weighted by atomic mass is 32.2. The summed E-state index contributed by atoms with van der Waals surface area (Å²) in [6, 6.07) is 17.1. The van der Waals surface area contributed by atoms with Crippen molar-refractivity contribution < 1.29 is 14.3 Å². The highest BCUT2D eigenvalue weighted by molar-refractivity contribution is 7.99. The molecule has 3 aromatic rings. The van der Waals surface area contributed by atoms with Crippen molar-refractivity contribution in [3.8, 4) is 5.75 Å². The topological polar surface area (TPSA) is 89.4 Å². The summed E-state index contributed by atoms with van der Waals surface area (Å²) < 4.78 is 7.36. The summed E-state index contributed by atoms with van der Waals surface area (Å²) in [7, 11) is 1.85. The number of nitrogens with zero attached hydrogens (tertiary/aromatic N) is 4. The minimum atomic E-state index is -0.334. The molecule has 0 spiro atoms. The van der Waals surface area contributed by atoms with Crippen LogP contribution >= 0.6 is 11.8 Å². The standard InChI is InChI=1S/C23H25N5O3S/c1-16(28-18-10-6-7-11-19(18)31-14-21(28)30)22-25-26-23(27(22)2)32-15-20(29)24-13-12-17-8-4-3-5-9-17/h3-11,16H,12-15H2,1-2H3,(H,24,29). The van der Waals surface area contributed by atoms with Crippen LogP contribution in [0.15, 0.2) is 59.8 Å². The van der Waals surface area contributed by atoms with Gasteiger partial charge in [-0.1, -0.05) is 54.2 Å². The van der Waals surface area contributed by atoms with E-state index >= 15 is 0 Å². The number of carbonyl (C=O) groups is 2. The molecular weight excluding hydrogens is 426 g/mol. The number of anilines is 1. The molecule has 1 N–H and O–H groups in total. The SMILES string of the molecule is CC(c1nnc(SCC(=O)NCCc2ccccc2)n1C)N1C(=O)COc2ccccc21. The van der Waals surface area contributed by atoms with Crippen LogP contribution in [0.5, 0.6) is 5.75 Å². The lowest BCUT2D eigenvalue weighted by molar-refractivity contribution is -0.122.